The van der Waals surface area contributed by atoms with Crippen LogP contribution in [0, 0.1) is 0 Å². The van der Waals surface area contributed by atoms with Gasteiger partial charge in [-0.05, 0) is 12.1 Å². The molecule has 2 N–H and O–H groups in total. The first-order chi connectivity index (χ1) is 5.81. The Kier molecular flexibility index (Phi) is 1.86. The molecule has 62 valence electrons. The van der Waals surface area contributed by atoms with E-state index in [-0.39, 0.29) is 6.61 Å². The van der Waals surface area contributed by atoms with Gasteiger partial charge in [-0.15, -0.1) is 0 Å². The van der Waals surface area contributed by atoms with Crippen molar-refractivity contribution >= 4 is 26.8 Å². The van der Waals surface area contributed by atoms with Crippen LogP contribution in [-0.4, -0.2) is 15.3 Å². The molecule has 0 aliphatic carbocycles. The van der Waals surface area contributed by atoms with Crippen molar-refractivity contribution in [2.75, 3.05) is 0 Å². The molecular formula is C8H7BrN2O. The summed E-state index contributed by atoms with van der Waals surface area (Å²) in [6.07, 6.45) is 1.74. The molecule has 0 spiro atoms. The van der Waals surface area contributed by atoms with E-state index in [1.165, 1.54) is 0 Å². The standard InChI is InChI=1S/C8H7BrN2O/c9-7-1-5-3-10-11-8(5)6(2-7)4-12/h1-3,12H,4H2,(H,10,11). The third-order valence-electron chi connectivity index (χ3n) is 1.77. The summed E-state index contributed by atoms with van der Waals surface area (Å²) in [5.74, 6) is 0. The van der Waals surface area contributed by atoms with E-state index in [1.807, 2.05) is 12.1 Å². The quantitative estimate of drug-likeness (QED) is 0.780. The van der Waals surface area contributed by atoms with Gasteiger partial charge in [-0.3, -0.25) is 5.10 Å². The van der Waals surface area contributed by atoms with Crippen LogP contribution in [0.1, 0.15) is 5.56 Å². The number of rotatable bonds is 1. The number of halogens is 1. The monoisotopic (exact) mass is 226 g/mol. The summed E-state index contributed by atoms with van der Waals surface area (Å²) in [4.78, 5) is 0. The Morgan fingerprint density at radius 1 is 1.50 bits per heavy atom. The first-order valence-electron chi connectivity index (χ1n) is 3.53. The number of nitrogens with one attached hydrogen (secondary N) is 1. The molecule has 0 saturated heterocycles. The molecule has 0 atom stereocenters. The number of hydrogen-bond acceptors (Lipinski definition) is 2. The minimum atomic E-state index is 0.0259. The first-order valence-corrected chi connectivity index (χ1v) is 4.33. The SMILES string of the molecule is OCc1cc(Br)cc2cn[nH]c12. The fourth-order valence-corrected chi connectivity index (χ4v) is 1.74. The Morgan fingerprint density at radius 3 is 3.08 bits per heavy atom. The van der Waals surface area contributed by atoms with E-state index in [1.54, 1.807) is 6.20 Å². The third kappa shape index (κ3) is 1.13. The molecule has 1 aromatic heterocycles. The summed E-state index contributed by atoms with van der Waals surface area (Å²) in [5.41, 5.74) is 1.76. The highest BCUT2D eigenvalue weighted by molar-refractivity contribution is 9.10. The maximum atomic E-state index is 9.01. The second kappa shape index (κ2) is 2.88. The number of aliphatic hydroxyl groups excluding tert-OH is 1. The fraction of sp³-hybridized carbons (Fsp3) is 0.125. The van der Waals surface area contributed by atoms with Gasteiger partial charge in [0.25, 0.3) is 0 Å². The summed E-state index contributed by atoms with van der Waals surface area (Å²) in [6, 6.07) is 3.83. The van der Waals surface area contributed by atoms with Gasteiger partial charge in [0.2, 0.25) is 0 Å². The van der Waals surface area contributed by atoms with Gasteiger partial charge < -0.3 is 5.11 Å². The maximum Gasteiger partial charge on any atom is 0.0706 e. The molecule has 0 aliphatic rings. The van der Waals surface area contributed by atoms with E-state index in [4.69, 9.17) is 5.11 Å². The van der Waals surface area contributed by atoms with Crippen molar-refractivity contribution < 1.29 is 5.11 Å². The van der Waals surface area contributed by atoms with Gasteiger partial charge in [0.1, 0.15) is 0 Å². The summed E-state index contributed by atoms with van der Waals surface area (Å²) in [6.45, 7) is 0.0259. The molecule has 0 aliphatic heterocycles. The molecule has 0 unspecified atom stereocenters. The predicted molar refractivity (Wildman–Crippen MR) is 49.7 cm³/mol. The zero-order chi connectivity index (χ0) is 8.55. The predicted octanol–water partition coefficient (Wildman–Crippen LogP) is 1.82. The van der Waals surface area contributed by atoms with Crippen molar-refractivity contribution in [3.05, 3.63) is 28.4 Å². The van der Waals surface area contributed by atoms with E-state index < -0.39 is 0 Å². The number of hydrogen-bond donors (Lipinski definition) is 2. The summed E-state index contributed by atoms with van der Waals surface area (Å²) in [7, 11) is 0. The van der Waals surface area contributed by atoms with E-state index in [0.717, 1.165) is 20.9 Å². The number of aromatic nitrogens is 2. The van der Waals surface area contributed by atoms with Crippen molar-refractivity contribution in [3.63, 3.8) is 0 Å². The molecule has 4 heteroatoms. The molecule has 0 radical (unpaired) electrons. The smallest absolute Gasteiger partial charge is 0.0706 e. The van der Waals surface area contributed by atoms with Crippen molar-refractivity contribution in [3.8, 4) is 0 Å². The van der Waals surface area contributed by atoms with Gasteiger partial charge in [0, 0.05) is 15.4 Å². The molecule has 0 saturated carbocycles. The molecule has 1 aromatic carbocycles. The molecule has 0 bridgehead atoms. The van der Waals surface area contributed by atoms with Crippen molar-refractivity contribution in [1.29, 1.82) is 0 Å². The largest absolute Gasteiger partial charge is 0.392 e. The molecule has 0 amide bonds. The average molecular weight is 227 g/mol. The van der Waals surface area contributed by atoms with Crippen molar-refractivity contribution in [1.82, 2.24) is 10.2 Å². The number of aromatic amines is 1. The number of benzene rings is 1. The molecule has 2 rings (SSSR count). The lowest BCUT2D eigenvalue weighted by Gasteiger charge is -1.98. The van der Waals surface area contributed by atoms with E-state index in [2.05, 4.69) is 26.1 Å². The minimum Gasteiger partial charge on any atom is -0.392 e. The van der Waals surface area contributed by atoms with Crippen molar-refractivity contribution in [2.45, 2.75) is 6.61 Å². The molecule has 1 heterocycles. The molecule has 0 fully saturated rings. The summed E-state index contributed by atoms with van der Waals surface area (Å²) >= 11 is 3.36. The summed E-state index contributed by atoms with van der Waals surface area (Å²) in [5, 5.41) is 16.7. The second-order valence-corrected chi connectivity index (χ2v) is 3.47. The van der Waals surface area contributed by atoms with E-state index in [9.17, 15) is 0 Å². The van der Waals surface area contributed by atoms with Crippen LogP contribution in [0.25, 0.3) is 10.9 Å². The summed E-state index contributed by atoms with van der Waals surface area (Å²) < 4.78 is 0.959. The number of nitrogens with zero attached hydrogens (tertiary/aromatic N) is 1. The normalized spacial score (nSPS) is 10.8. The zero-order valence-electron chi connectivity index (χ0n) is 6.21. The topological polar surface area (TPSA) is 48.9 Å². The van der Waals surface area contributed by atoms with Gasteiger partial charge in [0.15, 0.2) is 0 Å². The Labute approximate surface area is 77.5 Å². The van der Waals surface area contributed by atoms with Crippen LogP contribution in [0.2, 0.25) is 0 Å². The molecule has 2 aromatic rings. The van der Waals surface area contributed by atoms with E-state index >= 15 is 0 Å². The number of fused-ring (bicyclic) bond motifs is 1. The lowest BCUT2D eigenvalue weighted by atomic mass is 10.1. The highest BCUT2D eigenvalue weighted by atomic mass is 79.9. The number of H-pyrrole nitrogens is 1. The zero-order valence-corrected chi connectivity index (χ0v) is 7.80. The van der Waals surface area contributed by atoms with Gasteiger partial charge in [-0.25, -0.2) is 0 Å². The molecule has 3 nitrogen and oxygen atoms in total. The third-order valence-corrected chi connectivity index (χ3v) is 2.22. The van der Waals surface area contributed by atoms with Crippen LogP contribution in [0.4, 0.5) is 0 Å². The van der Waals surface area contributed by atoms with Gasteiger partial charge in [0.05, 0.1) is 18.3 Å². The maximum absolute atomic E-state index is 9.01. The lowest BCUT2D eigenvalue weighted by molar-refractivity contribution is 0.283. The van der Waals surface area contributed by atoms with Crippen LogP contribution in [0.15, 0.2) is 22.8 Å². The Hall–Kier alpha value is -0.870. The lowest BCUT2D eigenvalue weighted by Crippen LogP contribution is -1.85. The minimum absolute atomic E-state index is 0.0259. The molecular weight excluding hydrogens is 220 g/mol. The Morgan fingerprint density at radius 2 is 2.33 bits per heavy atom. The van der Waals surface area contributed by atoms with E-state index in [0.29, 0.717) is 0 Å². The van der Waals surface area contributed by atoms with Crippen LogP contribution in [-0.2, 0) is 6.61 Å². The number of aliphatic hydroxyl groups is 1. The second-order valence-electron chi connectivity index (χ2n) is 2.56. The van der Waals surface area contributed by atoms with Crippen LogP contribution >= 0.6 is 15.9 Å². The first kappa shape index (κ1) is 7.76. The van der Waals surface area contributed by atoms with Gasteiger partial charge in [-0.2, -0.15) is 5.10 Å². The Balaban J connectivity index is 2.80. The van der Waals surface area contributed by atoms with Crippen LogP contribution in [0.5, 0.6) is 0 Å². The average Bonchev–Trinajstić information content (AvgIpc) is 2.50. The highest BCUT2D eigenvalue weighted by Crippen LogP contribution is 2.22. The van der Waals surface area contributed by atoms with Gasteiger partial charge in [-0.1, -0.05) is 15.9 Å². The molecule has 12 heavy (non-hydrogen) atoms. The van der Waals surface area contributed by atoms with Crippen LogP contribution in [0.3, 0.4) is 0 Å². The highest BCUT2D eigenvalue weighted by Gasteiger charge is 2.02. The van der Waals surface area contributed by atoms with Crippen molar-refractivity contribution in [2.24, 2.45) is 0 Å². The fourth-order valence-electron chi connectivity index (χ4n) is 1.22. The Bertz CT molecular complexity index is 410. The van der Waals surface area contributed by atoms with Crippen LogP contribution < -0.4 is 0 Å². The van der Waals surface area contributed by atoms with Gasteiger partial charge >= 0.3 is 0 Å².